The van der Waals surface area contributed by atoms with Crippen molar-refractivity contribution in [3.05, 3.63) is 123 Å². The van der Waals surface area contributed by atoms with Crippen molar-refractivity contribution in [3.8, 4) is 11.1 Å². The predicted molar refractivity (Wildman–Crippen MR) is 147 cm³/mol. The third-order valence-electron chi connectivity index (χ3n) is 7.28. The molecule has 194 valence electrons. The van der Waals surface area contributed by atoms with Crippen LogP contribution in [0.2, 0.25) is 0 Å². The van der Waals surface area contributed by atoms with E-state index in [0.29, 0.717) is 11.1 Å². The fraction of sp³-hybridized carbons (Fsp3) is 0.0909. The van der Waals surface area contributed by atoms with Gasteiger partial charge in [0.05, 0.1) is 11.3 Å². The number of hydrogen-bond acceptors (Lipinski definition) is 6. The highest BCUT2D eigenvalue weighted by molar-refractivity contribution is 6.34. The number of carbonyl (C=O) groups is 6. The van der Waals surface area contributed by atoms with Crippen molar-refractivity contribution in [1.82, 2.24) is 0 Å². The van der Waals surface area contributed by atoms with E-state index in [4.69, 9.17) is 0 Å². The van der Waals surface area contributed by atoms with Gasteiger partial charge >= 0.3 is 0 Å². The molecule has 0 saturated heterocycles. The Balaban J connectivity index is 1.69. The molecule has 7 nitrogen and oxygen atoms in total. The van der Waals surface area contributed by atoms with Gasteiger partial charge in [0.25, 0.3) is 0 Å². The molecule has 1 N–H and O–H groups in total. The lowest BCUT2D eigenvalue weighted by atomic mass is 9.74. The molecule has 0 atom stereocenters. The summed E-state index contributed by atoms with van der Waals surface area (Å²) in [6, 6.07) is 19.2. The van der Waals surface area contributed by atoms with Crippen molar-refractivity contribution >= 4 is 40.5 Å². The monoisotopic (exact) mass is 527 g/mol. The molecule has 0 saturated carbocycles. The van der Waals surface area contributed by atoms with Gasteiger partial charge in [-0.05, 0) is 29.7 Å². The molecule has 0 radical (unpaired) electrons. The van der Waals surface area contributed by atoms with Crippen LogP contribution in [0.5, 0.6) is 0 Å². The van der Waals surface area contributed by atoms with Gasteiger partial charge in [-0.25, -0.2) is 0 Å². The van der Waals surface area contributed by atoms with E-state index in [1.807, 2.05) is 0 Å². The van der Waals surface area contributed by atoms with Crippen LogP contribution >= 0.6 is 0 Å². The maximum absolute atomic E-state index is 14.0. The minimum absolute atomic E-state index is 0.0212. The van der Waals surface area contributed by atoms with Crippen LogP contribution in [0.15, 0.2) is 72.8 Å². The van der Waals surface area contributed by atoms with E-state index in [1.165, 1.54) is 19.9 Å². The normalized spacial score (nSPS) is 13.2. The van der Waals surface area contributed by atoms with E-state index >= 15 is 0 Å². The maximum atomic E-state index is 14.0. The summed E-state index contributed by atoms with van der Waals surface area (Å²) >= 11 is 0. The lowest BCUT2D eigenvalue weighted by molar-refractivity contribution is -0.116. The Hall–Kier alpha value is -5.30. The summed E-state index contributed by atoms with van der Waals surface area (Å²) in [6.45, 7) is 2.71. The summed E-state index contributed by atoms with van der Waals surface area (Å²) in [5.74, 6) is -2.28. The van der Waals surface area contributed by atoms with Gasteiger partial charge in [-0.2, -0.15) is 0 Å². The molecule has 40 heavy (non-hydrogen) atoms. The van der Waals surface area contributed by atoms with Crippen molar-refractivity contribution in [2.24, 2.45) is 0 Å². The molecule has 0 aliphatic heterocycles. The SMILES string of the molecule is CC(=O)Cc1ccc(-c2ccc(NC(C)=O)c3c2C(=O)c2ccccc2C3=O)c2c1C(=O)c1ccccc1C2=O. The number of rotatable bonds is 4. The van der Waals surface area contributed by atoms with Crippen LogP contribution in [0.25, 0.3) is 11.1 Å². The molecule has 2 aliphatic carbocycles. The first kappa shape index (κ1) is 25.0. The van der Waals surface area contributed by atoms with Gasteiger partial charge in [0.2, 0.25) is 5.91 Å². The Morgan fingerprint density at radius 2 is 0.950 bits per heavy atom. The Morgan fingerprint density at radius 1 is 0.525 bits per heavy atom. The fourth-order valence-electron chi connectivity index (χ4n) is 5.67. The van der Waals surface area contributed by atoms with Crippen LogP contribution in [0, 0.1) is 0 Å². The third kappa shape index (κ3) is 3.66. The van der Waals surface area contributed by atoms with E-state index in [-0.39, 0.29) is 73.7 Å². The molecule has 0 spiro atoms. The molecule has 0 bridgehead atoms. The second kappa shape index (κ2) is 9.17. The molecular formula is C33H21NO6. The van der Waals surface area contributed by atoms with Crippen molar-refractivity contribution < 1.29 is 28.8 Å². The topological polar surface area (TPSA) is 114 Å². The van der Waals surface area contributed by atoms with Crippen LogP contribution in [0.1, 0.15) is 83.1 Å². The van der Waals surface area contributed by atoms with Gasteiger partial charge < -0.3 is 5.32 Å². The molecule has 1 amide bonds. The Morgan fingerprint density at radius 3 is 1.43 bits per heavy atom. The smallest absolute Gasteiger partial charge is 0.221 e. The number of amides is 1. The average molecular weight is 528 g/mol. The zero-order chi connectivity index (χ0) is 28.3. The van der Waals surface area contributed by atoms with E-state index in [2.05, 4.69) is 5.32 Å². The first-order valence-electron chi connectivity index (χ1n) is 12.7. The predicted octanol–water partition coefficient (Wildman–Crippen LogP) is 4.99. The molecule has 0 aromatic heterocycles. The number of nitrogens with one attached hydrogen (secondary N) is 1. The van der Waals surface area contributed by atoms with Gasteiger partial charge in [-0.15, -0.1) is 0 Å². The fourth-order valence-corrected chi connectivity index (χ4v) is 5.67. The van der Waals surface area contributed by atoms with Crippen LogP contribution in [-0.4, -0.2) is 34.8 Å². The second-order valence-corrected chi connectivity index (χ2v) is 9.90. The summed E-state index contributed by atoms with van der Waals surface area (Å²) in [6.07, 6.45) is -0.0475. The molecule has 2 aliphatic rings. The molecule has 7 heteroatoms. The van der Waals surface area contributed by atoms with Crippen LogP contribution in [0.3, 0.4) is 0 Å². The molecule has 4 aromatic carbocycles. The molecule has 6 rings (SSSR count). The van der Waals surface area contributed by atoms with Gasteiger partial charge in [0, 0.05) is 52.3 Å². The van der Waals surface area contributed by atoms with E-state index in [1.54, 1.807) is 66.7 Å². The zero-order valence-corrected chi connectivity index (χ0v) is 21.6. The second-order valence-electron chi connectivity index (χ2n) is 9.90. The third-order valence-corrected chi connectivity index (χ3v) is 7.28. The lowest BCUT2D eigenvalue weighted by Gasteiger charge is -2.26. The number of fused-ring (bicyclic) bond motifs is 4. The molecule has 0 fully saturated rings. The summed E-state index contributed by atoms with van der Waals surface area (Å²) in [5.41, 5.74) is 2.29. The highest BCUT2D eigenvalue weighted by atomic mass is 16.2. The Labute approximate surface area is 228 Å². The first-order valence-corrected chi connectivity index (χ1v) is 12.7. The van der Waals surface area contributed by atoms with E-state index in [0.717, 1.165) is 0 Å². The quantitative estimate of drug-likeness (QED) is 0.345. The van der Waals surface area contributed by atoms with Crippen molar-refractivity contribution in [2.75, 3.05) is 5.32 Å². The number of ketones is 5. The van der Waals surface area contributed by atoms with Gasteiger partial charge in [0.1, 0.15) is 5.78 Å². The van der Waals surface area contributed by atoms with Gasteiger partial charge in [-0.3, -0.25) is 28.8 Å². The van der Waals surface area contributed by atoms with Crippen LogP contribution in [0.4, 0.5) is 5.69 Å². The molecular weight excluding hydrogens is 506 g/mol. The van der Waals surface area contributed by atoms with E-state index < -0.39 is 23.3 Å². The highest BCUT2D eigenvalue weighted by Crippen LogP contribution is 2.42. The molecule has 0 unspecified atom stereocenters. The number of benzene rings is 4. The molecule has 0 heterocycles. The summed E-state index contributed by atoms with van der Waals surface area (Å²) in [5, 5.41) is 2.64. The molecule has 4 aromatic rings. The van der Waals surface area contributed by atoms with E-state index in [9.17, 15) is 28.8 Å². The number of Topliss-reactive ketones (excluding diaryl/α,β-unsaturated/α-hetero) is 1. The van der Waals surface area contributed by atoms with Crippen molar-refractivity contribution in [2.45, 2.75) is 20.3 Å². The maximum Gasteiger partial charge on any atom is 0.221 e. The number of anilines is 1. The minimum Gasteiger partial charge on any atom is -0.326 e. The zero-order valence-electron chi connectivity index (χ0n) is 21.6. The highest BCUT2D eigenvalue weighted by Gasteiger charge is 2.38. The summed E-state index contributed by atoms with van der Waals surface area (Å²) < 4.78 is 0. The summed E-state index contributed by atoms with van der Waals surface area (Å²) in [7, 11) is 0. The standard InChI is InChI=1S/C33H21NO6/c1-16(35)15-18-11-12-19(27-26(18)30(37)21-7-3-4-8-22(21)31(27)38)20-13-14-25(34-17(2)36)29-28(20)32(39)23-9-5-6-10-24(23)33(29)40/h3-14H,15H2,1-2H3,(H,34,36). The largest absolute Gasteiger partial charge is 0.326 e. The Kier molecular flexibility index (Phi) is 5.73. The summed E-state index contributed by atoms with van der Waals surface area (Å²) in [4.78, 5) is 79.5. The van der Waals surface area contributed by atoms with Crippen molar-refractivity contribution in [1.29, 1.82) is 0 Å². The Bertz CT molecular complexity index is 1740. The van der Waals surface area contributed by atoms with Gasteiger partial charge in [-0.1, -0.05) is 66.7 Å². The average Bonchev–Trinajstić information content (AvgIpc) is 2.94. The van der Waals surface area contributed by atoms with Crippen LogP contribution < -0.4 is 5.32 Å². The minimum atomic E-state index is -0.441. The van der Waals surface area contributed by atoms with Crippen molar-refractivity contribution in [3.63, 3.8) is 0 Å². The first-order chi connectivity index (χ1) is 19.2. The lowest BCUT2D eigenvalue weighted by Crippen LogP contribution is -2.26. The van der Waals surface area contributed by atoms with Gasteiger partial charge in [0.15, 0.2) is 23.1 Å². The number of hydrogen-bond donors (Lipinski definition) is 1. The van der Waals surface area contributed by atoms with Crippen LogP contribution in [-0.2, 0) is 16.0 Å². The number of carbonyl (C=O) groups excluding carboxylic acids is 6.